The zero-order chi connectivity index (χ0) is 12.8. The van der Waals surface area contributed by atoms with E-state index in [2.05, 4.69) is 4.98 Å². The molecule has 0 saturated heterocycles. The standard InChI is InChI=1S/C17H11NO/c19-15-9-11-5-1-4-8-14(11)17-16(15)13-7-3-2-6-12(13)10-18-17/h1-10,18H. The molecule has 2 nitrogen and oxygen atoms in total. The zero-order valence-electron chi connectivity index (χ0n) is 10.2. The highest BCUT2D eigenvalue weighted by Gasteiger charge is 2.14. The van der Waals surface area contributed by atoms with Crippen LogP contribution in [0.4, 0.5) is 0 Å². The van der Waals surface area contributed by atoms with Crippen LogP contribution < -0.4 is 5.43 Å². The average Bonchev–Trinajstić information content (AvgIpc) is 2.46. The average molecular weight is 245 g/mol. The first-order valence-corrected chi connectivity index (χ1v) is 6.26. The molecule has 1 aliphatic heterocycles. The van der Waals surface area contributed by atoms with Crippen LogP contribution in [0.1, 0.15) is 0 Å². The number of aromatic amines is 1. The van der Waals surface area contributed by atoms with Gasteiger partial charge in [0.2, 0.25) is 0 Å². The maximum absolute atomic E-state index is 12.4. The topological polar surface area (TPSA) is 32.9 Å². The van der Waals surface area contributed by atoms with Gasteiger partial charge in [-0.15, -0.1) is 0 Å². The summed E-state index contributed by atoms with van der Waals surface area (Å²) in [5, 5.41) is 4.13. The normalized spacial score (nSPS) is 11.4. The molecule has 0 unspecified atom stereocenters. The van der Waals surface area contributed by atoms with Crippen molar-refractivity contribution in [1.29, 1.82) is 0 Å². The molecule has 4 rings (SSSR count). The van der Waals surface area contributed by atoms with Crippen LogP contribution >= 0.6 is 0 Å². The Balaban J connectivity index is 2.34. The number of hydrogen-bond donors (Lipinski definition) is 1. The lowest BCUT2D eigenvalue weighted by molar-refractivity contribution is 1.36. The second kappa shape index (κ2) is 3.69. The van der Waals surface area contributed by atoms with E-state index in [-0.39, 0.29) is 5.43 Å². The van der Waals surface area contributed by atoms with Gasteiger partial charge in [0.1, 0.15) is 0 Å². The zero-order valence-corrected chi connectivity index (χ0v) is 10.2. The summed E-state index contributed by atoms with van der Waals surface area (Å²) in [6.45, 7) is 0. The Labute approximate surface area is 109 Å². The SMILES string of the molecule is O=c1cc2ccccc2c2[nH]cc3ccccc3c1-2. The van der Waals surface area contributed by atoms with Crippen LogP contribution in [0.2, 0.25) is 0 Å². The van der Waals surface area contributed by atoms with Crippen LogP contribution in [0.3, 0.4) is 0 Å². The Morgan fingerprint density at radius 2 is 1.47 bits per heavy atom. The lowest BCUT2D eigenvalue weighted by Gasteiger charge is -2.11. The summed E-state index contributed by atoms with van der Waals surface area (Å²) in [5.74, 6) is 0. The summed E-state index contributed by atoms with van der Waals surface area (Å²) in [7, 11) is 0. The maximum atomic E-state index is 12.4. The van der Waals surface area contributed by atoms with Gasteiger partial charge in [-0.05, 0) is 22.2 Å². The summed E-state index contributed by atoms with van der Waals surface area (Å²) >= 11 is 0. The first kappa shape index (κ1) is 10.3. The Hall–Kier alpha value is -2.61. The molecule has 90 valence electrons. The summed E-state index contributed by atoms with van der Waals surface area (Å²) in [6.07, 6.45) is 1.96. The molecule has 0 aromatic heterocycles. The van der Waals surface area contributed by atoms with E-state index < -0.39 is 0 Å². The highest BCUT2D eigenvalue weighted by atomic mass is 16.1. The fraction of sp³-hybridized carbons (Fsp3) is 0. The first-order chi connectivity index (χ1) is 9.34. The van der Waals surface area contributed by atoms with Crippen molar-refractivity contribution >= 4 is 21.5 Å². The van der Waals surface area contributed by atoms with Gasteiger partial charge < -0.3 is 4.98 Å². The minimum absolute atomic E-state index is 0.0711. The van der Waals surface area contributed by atoms with Gasteiger partial charge in [-0.3, -0.25) is 4.79 Å². The fourth-order valence-corrected chi connectivity index (χ4v) is 2.74. The molecule has 2 aliphatic rings. The largest absolute Gasteiger partial charge is 0.360 e. The Kier molecular flexibility index (Phi) is 2.00. The number of H-pyrrole nitrogens is 1. The third-order valence-corrected chi connectivity index (χ3v) is 3.62. The van der Waals surface area contributed by atoms with Gasteiger partial charge in [-0.2, -0.15) is 0 Å². The highest BCUT2D eigenvalue weighted by molar-refractivity contribution is 6.05. The molecule has 2 heteroatoms. The van der Waals surface area contributed by atoms with Crippen LogP contribution in [0.15, 0.2) is 65.6 Å². The lowest BCUT2D eigenvalue weighted by atomic mass is 9.96. The molecule has 0 amide bonds. The molecule has 1 N–H and O–H groups in total. The third-order valence-electron chi connectivity index (χ3n) is 3.62. The minimum Gasteiger partial charge on any atom is -0.360 e. The van der Waals surface area contributed by atoms with Gasteiger partial charge in [-0.1, -0.05) is 48.5 Å². The number of aromatic nitrogens is 1. The fourth-order valence-electron chi connectivity index (χ4n) is 2.74. The molecule has 1 aliphatic carbocycles. The smallest absolute Gasteiger partial charge is 0.189 e. The van der Waals surface area contributed by atoms with E-state index in [1.165, 1.54) is 0 Å². The molecule has 0 radical (unpaired) electrons. The number of nitrogens with one attached hydrogen (secondary N) is 1. The highest BCUT2D eigenvalue weighted by Crippen LogP contribution is 2.31. The molecule has 0 saturated carbocycles. The van der Waals surface area contributed by atoms with Crippen molar-refractivity contribution in [3.8, 4) is 11.3 Å². The summed E-state index contributed by atoms with van der Waals surface area (Å²) in [6, 6.07) is 17.6. The van der Waals surface area contributed by atoms with E-state index in [0.29, 0.717) is 0 Å². The molecular weight excluding hydrogens is 234 g/mol. The molecule has 0 fully saturated rings. The van der Waals surface area contributed by atoms with Gasteiger partial charge in [0.05, 0.1) is 11.3 Å². The molecule has 2 aromatic carbocycles. The van der Waals surface area contributed by atoms with Crippen molar-refractivity contribution in [2.75, 3.05) is 0 Å². The Bertz CT molecular complexity index is 936. The van der Waals surface area contributed by atoms with Crippen LogP contribution in [0, 0.1) is 0 Å². The van der Waals surface area contributed by atoms with E-state index in [1.54, 1.807) is 6.07 Å². The number of hydrogen-bond acceptors (Lipinski definition) is 1. The Morgan fingerprint density at radius 1 is 0.789 bits per heavy atom. The van der Waals surface area contributed by atoms with E-state index in [1.807, 2.05) is 54.7 Å². The molecule has 0 atom stereocenters. The molecule has 2 aromatic rings. The third kappa shape index (κ3) is 1.40. The number of benzene rings is 3. The molecule has 0 bridgehead atoms. The Morgan fingerprint density at radius 3 is 2.32 bits per heavy atom. The molecule has 0 spiro atoms. The van der Waals surface area contributed by atoms with Crippen LogP contribution in [-0.2, 0) is 0 Å². The molecule has 19 heavy (non-hydrogen) atoms. The van der Waals surface area contributed by atoms with Crippen molar-refractivity contribution in [3.63, 3.8) is 0 Å². The lowest BCUT2D eigenvalue weighted by Crippen LogP contribution is -2.07. The van der Waals surface area contributed by atoms with Crippen molar-refractivity contribution < 1.29 is 0 Å². The van der Waals surface area contributed by atoms with Gasteiger partial charge in [-0.25, -0.2) is 0 Å². The summed E-state index contributed by atoms with van der Waals surface area (Å²) in [4.78, 5) is 15.7. The van der Waals surface area contributed by atoms with Crippen molar-refractivity contribution in [1.82, 2.24) is 4.98 Å². The predicted octanol–water partition coefficient (Wildman–Crippen LogP) is 3.79. The first-order valence-electron chi connectivity index (χ1n) is 6.26. The molecular formula is C17H11NO. The quantitative estimate of drug-likeness (QED) is 0.470. The summed E-state index contributed by atoms with van der Waals surface area (Å²) in [5.41, 5.74) is 1.76. The van der Waals surface area contributed by atoms with E-state index >= 15 is 0 Å². The van der Waals surface area contributed by atoms with E-state index in [4.69, 9.17) is 0 Å². The monoisotopic (exact) mass is 245 g/mol. The van der Waals surface area contributed by atoms with E-state index in [0.717, 1.165) is 32.8 Å². The number of pyridine rings is 1. The predicted molar refractivity (Wildman–Crippen MR) is 78.7 cm³/mol. The van der Waals surface area contributed by atoms with Gasteiger partial charge >= 0.3 is 0 Å². The van der Waals surface area contributed by atoms with Gasteiger partial charge in [0, 0.05) is 11.6 Å². The number of fused-ring (bicyclic) bond motifs is 5. The number of rotatable bonds is 0. The van der Waals surface area contributed by atoms with Gasteiger partial charge in [0.15, 0.2) is 5.43 Å². The van der Waals surface area contributed by atoms with Crippen LogP contribution in [0.25, 0.3) is 32.8 Å². The molecule has 1 heterocycles. The van der Waals surface area contributed by atoms with Crippen molar-refractivity contribution in [2.45, 2.75) is 0 Å². The second-order valence-electron chi connectivity index (χ2n) is 4.72. The maximum Gasteiger partial charge on any atom is 0.189 e. The van der Waals surface area contributed by atoms with Crippen molar-refractivity contribution in [3.05, 3.63) is 71.0 Å². The van der Waals surface area contributed by atoms with Crippen molar-refractivity contribution in [2.24, 2.45) is 0 Å². The summed E-state index contributed by atoms with van der Waals surface area (Å²) < 4.78 is 0. The van der Waals surface area contributed by atoms with Crippen LogP contribution in [-0.4, -0.2) is 4.98 Å². The van der Waals surface area contributed by atoms with Gasteiger partial charge in [0.25, 0.3) is 0 Å². The minimum atomic E-state index is 0.0711. The van der Waals surface area contributed by atoms with E-state index in [9.17, 15) is 4.79 Å². The second-order valence-corrected chi connectivity index (χ2v) is 4.72. The van der Waals surface area contributed by atoms with Crippen LogP contribution in [0.5, 0.6) is 0 Å².